The maximum Gasteiger partial charge on any atom is 0.0368 e. The number of benzene rings is 9. The predicted octanol–water partition coefficient (Wildman–Crippen LogP) is 14.9. The number of rotatable bonds is 3. The second kappa shape index (κ2) is 10.9. The van der Waals surface area contributed by atoms with Gasteiger partial charge < -0.3 is 0 Å². The molecule has 11 aromatic rings. The normalized spacial score (nSPS) is 12.0. The average molecular weight is 669 g/mol. The molecule has 0 nitrogen and oxygen atoms in total. The molecule has 0 saturated carbocycles. The van der Waals surface area contributed by atoms with Crippen LogP contribution in [0.15, 0.2) is 170 Å². The Morgan fingerprint density at radius 2 is 0.720 bits per heavy atom. The number of hydrogen-bond acceptors (Lipinski definition) is 2. The van der Waals surface area contributed by atoms with Crippen molar-refractivity contribution in [3.63, 3.8) is 0 Å². The molecule has 2 aromatic heterocycles. The molecule has 0 aliphatic heterocycles. The standard InChI is InChI=1S/C48H28S2/c1-2-12-30(13-3-1)46-35-17-6-8-19-37(35)47(38-20-9-7-18-36(38)46)31-24-22-29(23-25-31)39-26-45-48(34-16-5-4-14-32(34)39)41-28-43-40(27-44(41)50-45)33-15-10-11-21-42(33)49-43/h1-28H. The fourth-order valence-electron chi connectivity index (χ4n) is 8.27. The summed E-state index contributed by atoms with van der Waals surface area (Å²) in [7, 11) is 0. The topological polar surface area (TPSA) is 0 Å². The van der Waals surface area contributed by atoms with Crippen LogP contribution >= 0.6 is 22.7 Å². The van der Waals surface area contributed by atoms with E-state index in [1.54, 1.807) is 0 Å². The molecule has 0 radical (unpaired) electrons. The summed E-state index contributed by atoms with van der Waals surface area (Å²) in [6.07, 6.45) is 0. The molecule has 2 heteroatoms. The molecule has 0 aliphatic rings. The van der Waals surface area contributed by atoms with E-state index in [9.17, 15) is 0 Å². The molecule has 50 heavy (non-hydrogen) atoms. The van der Waals surface area contributed by atoms with Crippen molar-refractivity contribution in [3.8, 4) is 33.4 Å². The van der Waals surface area contributed by atoms with Gasteiger partial charge in [0.05, 0.1) is 0 Å². The van der Waals surface area contributed by atoms with Gasteiger partial charge in [-0.1, -0.05) is 146 Å². The predicted molar refractivity (Wildman–Crippen MR) is 221 cm³/mol. The van der Waals surface area contributed by atoms with Crippen LogP contribution in [-0.2, 0) is 0 Å². The smallest absolute Gasteiger partial charge is 0.0368 e. The maximum atomic E-state index is 2.44. The van der Waals surface area contributed by atoms with Gasteiger partial charge in [0, 0.05) is 40.3 Å². The highest BCUT2D eigenvalue weighted by Gasteiger charge is 2.18. The van der Waals surface area contributed by atoms with Crippen molar-refractivity contribution in [1.82, 2.24) is 0 Å². The van der Waals surface area contributed by atoms with Crippen LogP contribution in [0.5, 0.6) is 0 Å². The van der Waals surface area contributed by atoms with Crippen molar-refractivity contribution in [2.45, 2.75) is 0 Å². The average Bonchev–Trinajstić information content (AvgIpc) is 3.73. The first-order valence-corrected chi connectivity index (χ1v) is 18.7. The molecular weight excluding hydrogens is 641 g/mol. The van der Waals surface area contributed by atoms with Gasteiger partial charge in [-0.15, -0.1) is 22.7 Å². The van der Waals surface area contributed by atoms with E-state index in [1.165, 1.54) is 106 Å². The number of hydrogen-bond donors (Lipinski definition) is 0. The molecule has 0 bridgehead atoms. The lowest BCUT2D eigenvalue weighted by atomic mass is 9.85. The van der Waals surface area contributed by atoms with Gasteiger partial charge in [-0.25, -0.2) is 0 Å². The van der Waals surface area contributed by atoms with Gasteiger partial charge in [0.1, 0.15) is 0 Å². The lowest BCUT2D eigenvalue weighted by Gasteiger charge is -2.18. The SMILES string of the molecule is c1ccc(-c2c3ccccc3c(-c3ccc(-c4cc5sc6cc7c(cc6c5c5ccccc45)sc4ccccc47)cc3)c3ccccc23)cc1. The molecule has 0 aliphatic carbocycles. The van der Waals surface area contributed by atoms with Crippen molar-refractivity contribution in [2.24, 2.45) is 0 Å². The zero-order chi connectivity index (χ0) is 32.8. The van der Waals surface area contributed by atoms with Gasteiger partial charge in [-0.05, 0) is 90.0 Å². The Morgan fingerprint density at radius 1 is 0.260 bits per heavy atom. The molecule has 0 unspecified atom stereocenters. The molecule has 0 saturated heterocycles. The molecule has 0 amide bonds. The Balaban J connectivity index is 1.11. The lowest BCUT2D eigenvalue weighted by molar-refractivity contribution is 1.64. The van der Waals surface area contributed by atoms with Crippen molar-refractivity contribution in [2.75, 3.05) is 0 Å². The van der Waals surface area contributed by atoms with Crippen LogP contribution in [0.1, 0.15) is 0 Å². The Bertz CT molecular complexity index is 3070. The van der Waals surface area contributed by atoms with Gasteiger partial charge in [0.25, 0.3) is 0 Å². The third-order valence-electron chi connectivity index (χ3n) is 10.5. The van der Waals surface area contributed by atoms with E-state index in [0.717, 1.165) is 0 Å². The first kappa shape index (κ1) is 28.1. The minimum Gasteiger partial charge on any atom is -0.135 e. The fourth-order valence-corrected chi connectivity index (χ4v) is 10.6. The van der Waals surface area contributed by atoms with Crippen LogP contribution in [0.3, 0.4) is 0 Å². The Morgan fingerprint density at radius 3 is 1.38 bits per heavy atom. The van der Waals surface area contributed by atoms with E-state index in [4.69, 9.17) is 0 Å². The van der Waals surface area contributed by atoms with Crippen LogP contribution in [0.4, 0.5) is 0 Å². The van der Waals surface area contributed by atoms with E-state index in [1.807, 2.05) is 22.7 Å². The summed E-state index contributed by atoms with van der Waals surface area (Å²) in [6.45, 7) is 0. The van der Waals surface area contributed by atoms with E-state index >= 15 is 0 Å². The molecule has 0 N–H and O–H groups in total. The number of fused-ring (bicyclic) bond motifs is 10. The summed E-state index contributed by atoms with van der Waals surface area (Å²) < 4.78 is 5.41. The second-order valence-electron chi connectivity index (χ2n) is 13.2. The van der Waals surface area contributed by atoms with Gasteiger partial charge in [-0.3, -0.25) is 0 Å². The van der Waals surface area contributed by atoms with Crippen molar-refractivity contribution < 1.29 is 0 Å². The quantitative estimate of drug-likeness (QED) is 0.164. The molecule has 2 heterocycles. The fraction of sp³-hybridized carbons (Fsp3) is 0. The molecule has 0 fully saturated rings. The van der Waals surface area contributed by atoms with Crippen molar-refractivity contribution in [1.29, 1.82) is 0 Å². The van der Waals surface area contributed by atoms with Gasteiger partial charge in [0.15, 0.2) is 0 Å². The van der Waals surface area contributed by atoms with Crippen LogP contribution in [-0.4, -0.2) is 0 Å². The number of thiophene rings is 2. The summed E-state index contributed by atoms with van der Waals surface area (Å²) in [6, 6.07) is 63.0. The maximum absolute atomic E-state index is 2.44. The third-order valence-corrected chi connectivity index (χ3v) is 12.7. The second-order valence-corrected chi connectivity index (χ2v) is 15.3. The van der Waals surface area contributed by atoms with Crippen LogP contribution in [0.2, 0.25) is 0 Å². The first-order valence-electron chi connectivity index (χ1n) is 17.1. The lowest BCUT2D eigenvalue weighted by Crippen LogP contribution is -1.91. The summed E-state index contributed by atoms with van der Waals surface area (Å²) in [5, 5.41) is 13.2. The summed E-state index contributed by atoms with van der Waals surface area (Å²) in [4.78, 5) is 0. The minimum atomic E-state index is 1.24. The van der Waals surface area contributed by atoms with Crippen LogP contribution in [0.25, 0.3) is 106 Å². The molecule has 232 valence electrons. The first-order chi connectivity index (χ1) is 24.8. The molecule has 11 rings (SSSR count). The monoisotopic (exact) mass is 668 g/mol. The molecule has 0 atom stereocenters. The van der Waals surface area contributed by atoms with Crippen molar-refractivity contribution in [3.05, 3.63) is 170 Å². The summed E-state index contributed by atoms with van der Waals surface area (Å²) >= 11 is 3.82. The van der Waals surface area contributed by atoms with E-state index < -0.39 is 0 Å². The zero-order valence-corrected chi connectivity index (χ0v) is 28.6. The van der Waals surface area contributed by atoms with Gasteiger partial charge >= 0.3 is 0 Å². The highest BCUT2D eigenvalue weighted by Crippen LogP contribution is 2.47. The molecule has 9 aromatic carbocycles. The largest absolute Gasteiger partial charge is 0.135 e. The Hall–Kier alpha value is -5.80. The minimum absolute atomic E-state index is 1.24. The summed E-state index contributed by atoms with van der Waals surface area (Å²) in [5.41, 5.74) is 7.60. The van der Waals surface area contributed by atoms with Crippen LogP contribution < -0.4 is 0 Å². The molecule has 0 spiro atoms. The van der Waals surface area contributed by atoms with Crippen LogP contribution in [0, 0.1) is 0 Å². The Kier molecular flexibility index (Phi) is 6.09. The van der Waals surface area contributed by atoms with Gasteiger partial charge in [-0.2, -0.15) is 0 Å². The summed E-state index contributed by atoms with van der Waals surface area (Å²) in [5.74, 6) is 0. The highest BCUT2D eigenvalue weighted by molar-refractivity contribution is 7.27. The van der Waals surface area contributed by atoms with Gasteiger partial charge in [0.2, 0.25) is 0 Å². The molecular formula is C48H28S2. The third kappa shape index (κ3) is 4.10. The van der Waals surface area contributed by atoms with E-state index in [0.29, 0.717) is 0 Å². The highest BCUT2D eigenvalue weighted by atomic mass is 32.1. The van der Waals surface area contributed by atoms with Crippen molar-refractivity contribution >= 4 is 95.3 Å². The Labute approximate surface area is 297 Å². The van der Waals surface area contributed by atoms with E-state index in [2.05, 4.69) is 170 Å². The zero-order valence-electron chi connectivity index (χ0n) is 27.0. The van der Waals surface area contributed by atoms with E-state index in [-0.39, 0.29) is 0 Å².